The first-order valence-electron chi connectivity index (χ1n) is 22.8. The van der Waals surface area contributed by atoms with Crippen LogP contribution in [0.15, 0.2) is 67.4 Å². The molecule has 3 N–H and O–H groups in total. The number of aryl methyl sites for hydroxylation is 1. The molecule has 6 atom stereocenters. The molecule has 4 aliphatic rings. The largest absolute Gasteiger partial charge is 0.493 e. The number of cyclic esters (lactones) is 1. The normalized spacial score (nSPS) is 24.9. The minimum Gasteiger partial charge on any atom is -0.493 e. The van der Waals surface area contributed by atoms with E-state index in [1.807, 2.05) is 38.1 Å². The van der Waals surface area contributed by atoms with E-state index in [2.05, 4.69) is 72.2 Å². The summed E-state index contributed by atoms with van der Waals surface area (Å²) >= 11 is 0. The van der Waals surface area contributed by atoms with Gasteiger partial charge in [0.05, 0.1) is 24.6 Å². The zero-order chi connectivity index (χ0) is 46.3. The number of fused-ring (bicyclic) bond motifs is 9. The van der Waals surface area contributed by atoms with Gasteiger partial charge >= 0.3 is 5.97 Å². The van der Waals surface area contributed by atoms with E-state index in [1.165, 1.54) is 9.91 Å². The van der Waals surface area contributed by atoms with Gasteiger partial charge in [-0.1, -0.05) is 46.4 Å². The highest BCUT2D eigenvalue weighted by atomic mass is 16.5. The number of nitrogens with zero attached hydrogens (tertiary/aromatic N) is 4. The number of nitrogens with one attached hydrogen (secondary N) is 3. The lowest BCUT2D eigenvalue weighted by molar-refractivity contribution is -0.156. The van der Waals surface area contributed by atoms with Gasteiger partial charge in [-0.3, -0.25) is 34.0 Å². The molecule has 1 fully saturated rings. The van der Waals surface area contributed by atoms with Crippen LogP contribution in [0.1, 0.15) is 89.1 Å². The van der Waals surface area contributed by atoms with Gasteiger partial charge in [0.15, 0.2) is 0 Å². The number of methoxy groups -OCH3 is 1. The zero-order valence-electron chi connectivity index (χ0n) is 38.4. The maximum Gasteiger partial charge on any atom is 0.324 e. The lowest BCUT2D eigenvalue weighted by atomic mass is 9.67. The maximum atomic E-state index is 14.8. The number of likely N-dealkylation sites (N-methyl/N-ethyl adjacent to an activating group) is 1. The fourth-order valence-corrected chi connectivity index (χ4v) is 10.4. The Morgan fingerprint density at radius 3 is 2.58 bits per heavy atom. The molecule has 65 heavy (non-hydrogen) atoms. The second-order valence-electron chi connectivity index (χ2n) is 18.8. The van der Waals surface area contributed by atoms with Crippen molar-refractivity contribution in [2.24, 2.45) is 11.3 Å². The minimum absolute atomic E-state index is 0.0605. The van der Waals surface area contributed by atoms with Crippen LogP contribution in [0.3, 0.4) is 0 Å². The Kier molecular flexibility index (Phi) is 12.9. The Hall–Kier alpha value is -6.06. The van der Waals surface area contributed by atoms with Crippen molar-refractivity contribution in [3.05, 3.63) is 84.2 Å². The number of hydrogen-bond acceptors (Lipinski definition) is 10. The molecule has 1 saturated heterocycles. The van der Waals surface area contributed by atoms with Gasteiger partial charge < -0.3 is 34.3 Å². The molecule has 1 unspecified atom stereocenters. The summed E-state index contributed by atoms with van der Waals surface area (Å²) in [4.78, 5) is 76.2. The summed E-state index contributed by atoms with van der Waals surface area (Å²) in [6.45, 7) is 14.8. The molecule has 15 heteroatoms. The van der Waals surface area contributed by atoms with Gasteiger partial charge in [-0.25, -0.2) is 5.43 Å². The molecule has 5 heterocycles. The highest BCUT2D eigenvalue weighted by Gasteiger charge is 2.48. The molecule has 8 rings (SSSR count). The van der Waals surface area contributed by atoms with Crippen molar-refractivity contribution in [1.82, 2.24) is 35.5 Å². The highest BCUT2D eigenvalue weighted by molar-refractivity contribution is 5.97. The molecule has 3 aliphatic heterocycles. The molecular formula is C50H61N7O8. The molecule has 8 bridgehead atoms. The standard InChI is InChI=1S/C50H61N7O8/c1-9-39(58)52-32-17-20-64-33-22-29-21-31(24-33)30-15-16-38-35(25-30)41-42(46(63-8)43-34(13-11-18-51-43)45(41)56(38)10-2)50(5,6)27-65-49(62)36-14-12-19-57(54-36)48(61)37(23-29)53-47(60)44(28(3)4)55(7)40(59)26-32/h9,11,13,15-16,18,21-22,24-25,28,32,36-37,42,44,46,54H,1,10,12,14,17,19-20,23,26-27H2,2-8H3,(H,52,58)(H,53,60)/t32-,36+,37+,42?,44+,46+/m1/s1. The van der Waals surface area contributed by atoms with Crippen LogP contribution in [0.2, 0.25) is 0 Å². The maximum absolute atomic E-state index is 14.8. The summed E-state index contributed by atoms with van der Waals surface area (Å²) < 4.78 is 21.4. The van der Waals surface area contributed by atoms with Crippen molar-refractivity contribution in [3.8, 4) is 28.1 Å². The number of esters is 1. The molecule has 2 aromatic heterocycles. The Labute approximate surface area is 380 Å². The van der Waals surface area contributed by atoms with Gasteiger partial charge in [0.25, 0.3) is 5.91 Å². The molecule has 4 amide bonds. The van der Waals surface area contributed by atoms with E-state index in [-0.39, 0.29) is 43.8 Å². The molecular weight excluding hydrogens is 827 g/mol. The molecule has 1 aliphatic carbocycles. The van der Waals surface area contributed by atoms with Crippen molar-refractivity contribution >= 4 is 40.5 Å². The first kappa shape index (κ1) is 45.5. The smallest absolute Gasteiger partial charge is 0.324 e. The highest BCUT2D eigenvalue weighted by Crippen LogP contribution is 2.57. The number of amides is 4. The SMILES string of the molecule is C=CC(=O)N[C@@H]1CCOc2cc3cc(c2)-c2ccc4c(c2)c2c(n4CC)-c4cccnc4[C@@H](OC)C2C(C)(C)COC(=O)[C@@H]2CCCN(N2)C(=O)[C@H](C3)NC(=O)[C@H](C(C)C)N(C)C(=O)C1. The van der Waals surface area contributed by atoms with Crippen LogP contribution in [0.25, 0.3) is 33.3 Å². The van der Waals surface area contributed by atoms with Crippen molar-refractivity contribution in [1.29, 1.82) is 0 Å². The number of pyridine rings is 1. The van der Waals surface area contributed by atoms with Crippen molar-refractivity contribution in [2.45, 2.75) is 109 Å². The Morgan fingerprint density at radius 1 is 1.05 bits per heavy atom. The third kappa shape index (κ3) is 8.75. The summed E-state index contributed by atoms with van der Waals surface area (Å²) in [5, 5.41) is 8.34. The average molecular weight is 888 g/mol. The lowest BCUT2D eigenvalue weighted by Crippen LogP contribution is -2.62. The van der Waals surface area contributed by atoms with Crippen LogP contribution in [-0.2, 0) is 46.4 Å². The third-order valence-corrected chi connectivity index (χ3v) is 13.6. The second-order valence-corrected chi connectivity index (χ2v) is 18.8. The van der Waals surface area contributed by atoms with Crippen molar-refractivity contribution < 1.29 is 38.2 Å². The van der Waals surface area contributed by atoms with Crippen LogP contribution in [0.5, 0.6) is 5.75 Å². The Morgan fingerprint density at radius 2 is 1.85 bits per heavy atom. The molecule has 2 aromatic carbocycles. The second kappa shape index (κ2) is 18.4. The summed E-state index contributed by atoms with van der Waals surface area (Å²) in [5.41, 5.74) is 9.89. The molecule has 0 spiro atoms. The Bertz CT molecular complexity index is 2530. The first-order valence-corrected chi connectivity index (χ1v) is 22.8. The van der Waals surface area contributed by atoms with E-state index in [1.54, 1.807) is 20.4 Å². The number of benzene rings is 2. The Balaban J connectivity index is 1.34. The lowest BCUT2D eigenvalue weighted by Gasteiger charge is -2.42. The fourth-order valence-electron chi connectivity index (χ4n) is 10.4. The summed E-state index contributed by atoms with van der Waals surface area (Å²) in [5.74, 6) is -2.33. The fraction of sp³-hybridized carbons (Fsp3) is 0.480. The van der Waals surface area contributed by atoms with E-state index < -0.39 is 59.4 Å². The van der Waals surface area contributed by atoms with Gasteiger partial charge in [0, 0.05) is 86.5 Å². The third-order valence-electron chi connectivity index (χ3n) is 13.6. The summed E-state index contributed by atoms with van der Waals surface area (Å²) in [7, 11) is 3.26. The minimum atomic E-state index is -1.10. The number of aromatic nitrogens is 2. The number of carbonyl (C=O) groups excluding carboxylic acids is 5. The molecule has 0 radical (unpaired) electrons. The average Bonchev–Trinajstić information content (AvgIpc) is 3.62. The van der Waals surface area contributed by atoms with Crippen LogP contribution in [0, 0.1) is 11.3 Å². The van der Waals surface area contributed by atoms with Crippen molar-refractivity contribution in [2.75, 3.05) is 33.9 Å². The zero-order valence-corrected chi connectivity index (χ0v) is 38.4. The van der Waals surface area contributed by atoms with Gasteiger partial charge in [-0.2, -0.15) is 0 Å². The number of ether oxygens (including phenoxy) is 3. The monoisotopic (exact) mass is 887 g/mol. The van der Waals surface area contributed by atoms with E-state index in [0.29, 0.717) is 43.7 Å². The van der Waals surface area contributed by atoms with Crippen molar-refractivity contribution in [3.63, 3.8) is 0 Å². The van der Waals surface area contributed by atoms with Crippen LogP contribution in [0.4, 0.5) is 0 Å². The molecule has 15 nitrogen and oxygen atoms in total. The summed E-state index contributed by atoms with van der Waals surface area (Å²) in [6, 6.07) is 12.8. The quantitative estimate of drug-likeness (QED) is 0.169. The molecule has 0 saturated carbocycles. The first-order chi connectivity index (χ1) is 31.1. The van der Waals surface area contributed by atoms with Crippen LogP contribution >= 0.6 is 0 Å². The van der Waals surface area contributed by atoms with E-state index in [4.69, 9.17) is 19.2 Å². The molecule has 344 valence electrons. The van der Waals surface area contributed by atoms with Crippen LogP contribution in [-0.4, -0.2) is 107 Å². The summed E-state index contributed by atoms with van der Waals surface area (Å²) in [6.07, 6.45) is 3.71. The van der Waals surface area contributed by atoms with Crippen LogP contribution < -0.4 is 20.8 Å². The van der Waals surface area contributed by atoms with E-state index in [0.717, 1.165) is 50.6 Å². The predicted octanol–water partition coefficient (Wildman–Crippen LogP) is 5.61. The van der Waals surface area contributed by atoms with Gasteiger partial charge in [-0.15, -0.1) is 0 Å². The number of hydrogen-bond donors (Lipinski definition) is 3. The van der Waals surface area contributed by atoms with Gasteiger partial charge in [0.1, 0.15) is 30.0 Å². The van der Waals surface area contributed by atoms with E-state index >= 15 is 0 Å². The van der Waals surface area contributed by atoms with Gasteiger partial charge in [-0.05, 0) is 90.4 Å². The topological polar surface area (TPSA) is 173 Å². The predicted molar refractivity (Wildman–Crippen MR) is 245 cm³/mol. The number of hydrazine groups is 1. The molecule has 4 aromatic rings. The van der Waals surface area contributed by atoms with Gasteiger partial charge in [0.2, 0.25) is 17.7 Å². The van der Waals surface area contributed by atoms with E-state index in [9.17, 15) is 24.0 Å². The number of carbonyl (C=O) groups is 5. The number of rotatable bonds is 5.